The minimum Gasteiger partial charge on any atom is -0.293 e. The first-order valence-electron chi connectivity index (χ1n) is 11.0. The fraction of sp³-hybridized carbons (Fsp3) is 0.0345. The summed E-state index contributed by atoms with van der Waals surface area (Å²) in [5.41, 5.74) is 4.35. The summed E-state index contributed by atoms with van der Waals surface area (Å²) in [6, 6.07) is 39.4. The molecule has 0 fully saturated rings. The summed E-state index contributed by atoms with van der Waals surface area (Å²) < 4.78 is 40.2. The number of hydrogen-bond donors (Lipinski definition) is 0. The molecule has 1 unspecified atom stereocenters. The molecule has 4 aromatic carbocycles. The van der Waals surface area contributed by atoms with Crippen LogP contribution in [0.1, 0.15) is 27.4 Å². The van der Waals surface area contributed by atoms with Gasteiger partial charge in [-0.2, -0.15) is 0 Å². The second-order valence-electron chi connectivity index (χ2n) is 7.88. The maximum atomic E-state index is 13.8. The lowest BCUT2D eigenvalue weighted by Gasteiger charge is -2.17. The zero-order chi connectivity index (χ0) is 25.5. The average molecular weight is 501 g/mol. The van der Waals surface area contributed by atoms with E-state index in [-0.39, 0.29) is 5.78 Å². The van der Waals surface area contributed by atoms with Gasteiger partial charge < -0.3 is 0 Å². The Hall–Kier alpha value is -3.91. The van der Waals surface area contributed by atoms with E-state index in [0.717, 1.165) is 33.4 Å². The van der Waals surface area contributed by atoms with E-state index < -0.39 is 16.2 Å². The van der Waals surface area contributed by atoms with Crippen LogP contribution >= 0.6 is 0 Å². The number of carbonyl (C=O) groups excluding carboxylic acids is 1. The van der Waals surface area contributed by atoms with Crippen molar-refractivity contribution < 1.29 is 38.1 Å². The van der Waals surface area contributed by atoms with Crippen LogP contribution < -0.4 is 18.6 Å². The fourth-order valence-electron chi connectivity index (χ4n) is 4.03. The SMILES string of the molecule is O=C(c1ccccc1)C(c1ccccc1)c1cc(-c2ccccc2)[o+]c2ccccc12.[O-][Cl+3]([O-])([O-])[O-]. The summed E-state index contributed by atoms with van der Waals surface area (Å²) in [6.45, 7) is 0. The van der Waals surface area contributed by atoms with Gasteiger partial charge in [0.15, 0.2) is 5.78 Å². The largest absolute Gasteiger partial charge is 0.361 e. The lowest BCUT2D eigenvalue weighted by Crippen LogP contribution is -2.68. The number of halogens is 1. The van der Waals surface area contributed by atoms with E-state index >= 15 is 0 Å². The van der Waals surface area contributed by atoms with Gasteiger partial charge in [-0.15, -0.1) is 10.2 Å². The quantitative estimate of drug-likeness (QED) is 0.270. The Kier molecular flexibility index (Phi) is 7.85. The Morgan fingerprint density at radius 1 is 0.667 bits per heavy atom. The molecule has 5 rings (SSSR count). The molecular weight excluding hydrogens is 480 g/mol. The van der Waals surface area contributed by atoms with Crippen molar-refractivity contribution in [3.8, 4) is 11.3 Å². The van der Waals surface area contributed by atoms with E-state index in [1.807, 2.05) is 121 Å². The Labute approximate surface area is 210 Å². The van der Waals surface area contributed by atoms with E-state index in [0.29, 0.717) is 5.56 Å². The van der Waals surface area contributed by atoms with Gasteiger partial charge in [0, 0.05) is 17.7 Å². The van der Waals surface area contributed by atoms with Crippen LogP contribution in [0.15, 0.2) is 126 Å². The highest BCUT2D eigenvalue weighted by Crippen LogP contribution is 2.37. The molecule has 0 aliphatic heterocycles. The van der Waals surface area contributed by atoms with Crippen molar-refractivity contribution in [2.45, 2.75) is 5.92 Å². The van der Waals surface area contributed by atoms with E-state index in [2.05, 4.69) is 0 Å². The molecule has 36 heavy (non-hydrogen) atoms. The molecule has 0 N–H and O–H groups in total. The summed E-state index contributed by atoms with van der Waals surface area (Å²) in [5, 5.41) is 0.945. The number of carbonyl (C=O) groups is 1. The number of para-hydroxylation sites is 1. The molecule has 0 amide bonds. The van der Waals surface area contributed by atoms with Gasteiger partial charge in [-0.25, -0.2) is 23.1 Å². The maximum Gasteiger partial charge on any atom is 0.361 e. The van der Waals surface area contributed by atoms with Crippen molar-refractivity contribution >= 4 is 16.8 Å². The second kappa shape index (κ2) is 11.2. The lowest BCUT2D eigenvalue weighted by molar-refractivity contribution is -2.00. The van der Waals surface area contributed by atoms with Crippen molar-refractivity contribution in [2.24, 2.45) is 0 Å². The Bertz CT molecular complexity index is 1430. The molecule has 0 spiro atoms. The lowest BCUT2D eigenvalue weighted by atomic mass is 9.83. The standard InChI is InChI=1S/C29H21O2.ClHO4/c30-29(23-16-8-3-9-17-23)28(22-14-6-2-7-15-22)25-20-27(21-12-4-1-5-13-21)31-26-19-11-10-18-24(25)26;2-1(3,4)5/h1-20,28H;(H,2,3,4,5)/q+1;/p-1. The minimum absolute atomic E-state index is 0.0714. The first-order chi connectivity index (χ1) is 17.3. The topological polar surface area (TPSA) is 121 Å². The van der Waals surface area contributed by atoms with Gasteiger partial charge in [-0.3, -0.25) is 4.79 Å². The highest BCUT2D eigenvalue weighted by atomic mass is 35.7. The number of hydrogen-bond acceptors (Lipinski definition) is 5. The third-order valence-corrected chi connectivity index (χ3v) is 5.53. The monoisotopic (exact) mass is 500 g/mol. The molecule has 0 aliphatic rings. The number of rotatable bonds is 5. The Morgan fingerprint density at radius 2 is 1.17 bits per heavy atom. The van der Waals surface area contributed by atoms with Gasteiger partial charge in [0.2, 0.25) is 0 Å². The van der Waals surface area contributed by atoms with Gasteiger partial charge in [0.25, 0.3) is 0 Å². The molecule has 0 saturated heterocycles. The molecule has 0 saturated carbocycles. The van der Waals surface area contributed by atoms with Crippen LogP contribution in [0.2, 0.25) is 0 Å². The molecule has 1 aromatic heterocycles. The first kappa shape index (κ1) is 25.2. The molecule has 0 bridgehead atoms. The van der Waals surface area contributed by atoms with Crippen LogP contribution in [-0.4, -0.2) is 5.78 Å². The zero-order valence-electron chi connectivity index (χ0n) is 19.0. The van der Waals surface area contributed by atoms with Crippen molar-refractivity contribution in [3.05, 3.63) is 138 Å². The molecule has 5 aromatic rings. The number of fused-ring (bicyclic) bond motifs is 1. The predicted molar refractivity (Wildman–Crippen MR) is 125 cm³/mol. The number of ketones is 1. The van der Waals surface area contributed by atoms with Gasteiger partial charge in [-0.1, -0.05) is 91.0 Å². The van der Waals surface area contributed by atoms with E-state index in [9.17, 15) is 4.79 Å². The number of Topliss-reactive ketones (excluding diaryl/α,β-unsaturated/α-hetero) is 1. The fourth-order valence-corrected chi connectivity index (χ4v) is 4.03. The van der Waals surface area contributed by atoms with Crippen LogP contribution in [0.25, 0.3) is 22.3 Å². The van der Waals surface area contributed by atoms with E-state index in [1.165, 1.54) is 0 Å². The average Bonchev–Trinajstić information content (AvgIpc) is 2.89. The third kappa shape index (κ3) is 6.40. The van der Waals surface area contributed by atoms with Crippen LogP contribution in [0.3, 0.4) is 0 Å². The van der Waals surface area contributed by atoms with Gasteiger partial charge in [0.05, 0.1) is 16.9 Å². The molecule has 0 radical (unpaired) electrons. The van der Waals surface area contributed by atoms with Crippen molar-refractivity contribution in [3.63, 3.8) is 0 Å². The Balaban J connectivity index is 0.000000556. The zero-order valence-corrected chi connectivity index (χ0v) is 19.7. The second-order valence-corrected chi connectivity index (χ2v) is 8.64. The van der Waals surface area contributed by atoms with Crippen LogP contribution in [-0.2, 0) is 0 Å². The van der Waals surface area contributed by atoms with Crippen LogP contribution in [0, 0.1) is 10.2 Å². The van der Waals surface area contributed by atoms with Crippen molar-refractivity contribution in [1.82, 2.24) is 0 Å². The molecular formula is C29H21ClO6. The summed E-state index contributed by atoms with van der Waals surface area (Å²) in [6.07, 6.45) is 0. The minimum atomic E-state index is -4.94. The first-order valence-corrected chi connectivity index (χ1v) is 12.2. The molecule has 0 aliphatic carbocycles. The molecule has 6 nitrogen and oxygen atoms in total. The summed E-state index contributed by atoms with van der Waals surface area (Å²) >= 11 is 0. The molecule has 180 valence electrons. The summed E-state index contributed by atoms with van der Waals surface area (Å²) in [5.74, 6) is 0.380. The molecule has 7 heteroatoms. The summed E-state index contributed by atoms with van der Waals surface area (Å²) in [7, 11) is -4.94. The predicted octanol–water partition coefficient (Wildman–Crippen LogP) is 2.64. The van der Waals surface area contributed by atoms with Crippen LogP contribution in [0.5, 0.6) is 0 Å². The van der Waals surface area contributed by atoms with E-state index in [4.69, 9.17) is 23.1 Å². The molecule has 1 heterocycles. The van der Waals surface area contributed by atoms with Gasteiger partial charge >= 0.3 is 11.3 Å². The molecule has 1 atom stereocenters. The van der Waals surface area contributed by atoms with Crippen molar-refractivity contribution in [1.29, 1.82) is 0 Å². The highest BCUT2D eigenvalue weighted by molar-refractivity contribution is 6.05. The third-order valence-electron chi connectivity index (χ3n) is 5.53. The van der Waals surface area contributed by atoms with Gasteiger partial charge in [0.1, 0.15) is 0 Å². The maximum absolute atomic E-state index is 13.8. The smallest absolute Gasteiger partial charge is 0.293 e. The van der Waals surface area contributed by atoms with Crippen molar-refractivity contribution in [2.75, 3.05) is 0 Å². The van der Waals surface area contributed by atoms with E-state index in [1.54, 1.807) is 0 Å². The highest BCUT2D eigenvalue weighted by Gasteiger charge is 2.30. The van der Waals surface area contributed by atoms with Crippen LogP contribution in [0.4, 0.5) is 0 Å². The number of benzene rings is 4. The Morgan fingerprint density at radius 3 is 1.78 bits per heavy atom. The summed E-state index contributed by atoms with van der Waals surface area (Å²) in [4.78, 5) is 13.8. The normalized spacial score (nSPS) is 11.9. The van der Waals surface area contributed by atoms with Gasteiger partial charge in [-0.05, 0) is 29.3 Å².